The maximum absolute atomic E-state index is 11.8. The van der Waals surface area contributed by atoms with Crippen LogP contribution in [-0.2, 0) is 9.53 Å². The van der Waals surface area contributed by atoms with E-state index in [0.29, 0.717) is 31.0 Å². The molecular formula is C16H23IN4O2. The highest BCUT2D eigenvalue weighted by Crippen LogP contribution is 2.09. The van der Waals surface area contributed by atoms with Crippen molar-refractivity contribution in [1.82, 2.24) is 5.32 Å². The van der Waals surface area contributed by atoms with Crippen LogP contribution in [0.2, 0.25) is 0 Å². The molecule has 0 heterocycles. The predicted molar refractivity (Wildman–Crippen MR) is 104 cm³/mol. The van der Waals surface area contributed by atoms with Crippen molar-refractivity contribution in [3.63, 3.8) is 0 Å². The first kappa shape index (κ1) is 21.2. The summed E-state index contributed by atoms with van der Waals surface area (Å²) in [6.45, 7) is 3.92. The van der Waals surface area contributed by atoms with Crippen molar-refractivity contribution in [1.29, 1.82) is 0 Å². The van der Waals surface area contributed by atoms with Crippen molar-refractivity contribution < 1.29 is 9.53 Å². The molecule has 1 aromatic carbocycles. The molecule has 23 heavy (non-hydrogen) atoms. The Morgan fingerprint density at radius 2 is 2.26 bits per heavy atom. The average molecular weight is 430 g/mol. The van der Waals surface area contributed by atoms with E-state index in [1.165, 1.54) is 0 Å². The number of hydrogen-bond donors (Lipinski definition) is 3. The molecule has 0 saturated carbocycles. The van der Waals surface area contributed by atoms with E-state index in [2.05, 4.69) is 21.5 Å². The summed E-state index contributed by atoms with van der Waals surface area (Å²) in [6.07, 6.45) is 6.14. The van der Waals surface area contributed by atoms with Gasteiger partial charge in [0.15, 0.2) is 5.96 Å². The monoisotopic (exact) mass is 430 g/mol. The fourth-order valence-electron chi connectivity index (χ4n) is 1.64. The van der Waals surface area contributed by atoms with E-state index in [1.807, 2.05) is 6.92 Å². The molecule has 1 rings (SSSR count). The minimum absolute atomic E-state index is 0. The van der Waals surface area contributed by atoms with Crippen LogP contribution in [0.4, 0.5) is 5.69 Å². The van der Waals surface area contributed by atoms with Crippen LogP contribution in [0, 0.1) is 12.3 Å². The van der Waals surface area contributed by atoms with Crippen LogP contribution in [0.25, 0.3) is 0 Å². The van der Waals surface area contributed by atoms with Gasteiger partial charge in [-0.2, -0.15) is 0 Å². The van der Waals surface area contributed by atoms with E-state index in [9.17, 15) is 4.79 Å². The molecule has 0 aliphatic rings. The lowest BCUT2D eigenvalue weighted by Crippen LogP contribution is -2.34. The van der Waals surface area contributed by atoms with Crippen molar-refractivity contribution >= 4 is 41.5 Å². The molecule has 0 atom stereocenters. The number of nitrogens with one attached hydrogen (secondary N) is 2. The Labute approximate surface area is 154 Å². The Bertz CT molecular complexity index is 555. The molecule has 7 heteroatoms. The molecule has 0 saturated heterocycles. The number of carbonyl (C=O) groups excluding carboxylic acids is 1. The predicted octanol–water partition coefficient (Wildman–Crippen LogP) is 1.56. The second-order valence-corrected chi connectivity index (χ2v) is 4.45. The number of rotatable bonds is 8. The molecule has 0 aromatic heterocycles. The van der Waals surface area contributed by atoms with Gasteiger partial charge in [0.1, 0.15) is 6.54 Å². The topological polar surface area (TPSA) is 88.7 Å². The fourth-order valence-corrected chi connectivity index (χ4v) is 1.64. The van der Waals surface area contributed by atoms with Crippen molar-refractivity contribution in [2.45, 2.75) is 13.3 Å². The van der Waals surface area contributed by atoms with Gasteiger partial charge in [-0.3, -0.25) is 4.79 Å². The van der Waals surface area contributed by atoms with Gasteiger partial charge in [-0.15, -0.1) is 30.4 Å². The number of guanidine groups is 1. The largest absolute Gasteiger partial charge is 0.382 e. The smallest absolute Gasteiger partial charge is 0.246 e. The highest BCUT2D eigenvalue weighted by molar-refractivity contribution is 14.0. The van der Waals surface area contributed by atoms with Gasteiger partial charge < -0.3 is 21.1 Å². The number of anilines is 1. The minimum Gasteiger partial charge on any atom is -0.382 e. The van der Waals surface area contributed by atoms with E-state index in [4.69, 9.17) is 16.9 Å². The third-order valence-electron chi connectivity index (χ3n) is 2.68. The maximum Gasteiger partial charge on any atom is 0.246 e. The number of aliphatic imine (C=N–C) groups is 1. The van der Waals surface area contributed by atoms with Crippen LogP contribution in [0.1, 0.15) is 18.9 Å². The summed E-state index contributed by atoms with van der Waals surface area (Å²) >= 11 is 0. The molecule has 126 valence electrons. The lowest BCUT2D eigenvalue weighted by atomic mass is 10.2. The van der Waals surface area contributed by atoms with Crippen molar-refractivity contribution in [2.75, 3.05) is 31.6 Å². The van der Waals surface area contributed by atoms with Crippen LogP contribution >= 0.6 is 24.0 Å². The van der Waals surface area contributed by atoms with Gasteiger partial charge in [0, 0.05) is 31.0 Å². The van der Waals surface area contributed by atoms with Crippen LogP contribution in [0.5, 0.6) is 0 Å². The zero-order valence-electron chi connectivity index (χ0n) is 13.2. The van der Waals surface area contributed by atoms with Gasteiger partial charge in [-0.1, -0.05) is 12.0 Å². The highest BCUT2D eigenvalue weighted by Gasteiger charge is 2.02. The first-order valence-electron chi connectivity index (χ1n) is 7.13. The number of nitrogens with zero attached hydrogens (tertiary/aromatic N) is 1. The van der Waals surface area contributed by atoms with E-state index in [-0.39, 0.29) is 42.4 Å². The van der Waals surface area contributed by atoms with Crippen LogP contribution in [-0.4, -0.2) is 38.2 Å². The molecule has 0 spiro atoms. The highest BCUT2D eigenvalue weighted by atomic mass is 127. The number of terminal acetylenes is 1. The molecule has 0 radical (unpaired) electrons. The normalized spacial score (nSPS) is 10.3. The molecule has 0 fully saturated rings. The van der Waals surface area contributed by atoms with Crippen molar-refractivity contribution in [3.8, 4) is 12.3 Å². The Balaban J connectivity index is 0.00000484. The first-order chi connectivity index (χ1) is 10.7. The van der Waals surface area contributed by atoms with E-state index in [0.717, 1.165) is 6.42 Å². The molecular weight excluding hydrogens is 407 g/mol. The SMILES string of the molecule is C#Cc1cccc(NC(=O)CN=C(N)NCCCOCC)c1.I. The van der Waals surface area contributed by atoms with Gasteiger partial charge in [0.05, 0.1) is 0 Å². The zero-order valence-corrected chi connectivity index (χ0v) is 15.5. The average Bonchev–Trinajstić information content (AvgIpc) is 2.53. The van der Waals surface area contributed by atoms with Gasteiger partial charge in [-0.25, -0.2) is 4.99 Å². The van der Waals surface area contributed by atoms with Gasteiger partial charge in [0.2, 0.25) is 5.91 Å². The Morgan fingerprint density at radius 3 is 2.96 bits per heavy atom. The first-order valence-corrected chi connectivity index (χ1v) is 7.13. The number of ether oxygens (including phenoxy) is 1. The maximum atomic E-state index is 11.8. The third-order valence-corrected chi connectivity index (χ3v) is 2.68. The molecule has 6 nitrogen and oxygen atoms in total. The van der Waals surface area contributed by atoms with Crippen LogP contribution < -0.4 is 16.4 Å². The quantitative estimate of drug-likeness (QED) is 0.192. The van der Waals surface area contributed by atoms with Gasteiger partial charge >= 0.3 is 0 Å². The Morgan fingerprint density at radius 1 is 1.48 bits per heavy atom. The Hall–Kier alpha value is -1.79. The molecule has 0 unspecified atom stereocenters. The summed E-state index contributed by atoms with van der Waals surface area (Å²) in [5, 5.41) is 5.63. The standard InChI is InChI=1S/C16H22N4O2.HI/c1-3-13-7-5-8-14(11-13)20-15(21)12-19-16(17)18-9-6-10-22-4-2;/h1,5,7-8,11H,4,6,9-10,12H2,2H3,(H,20,21)(H3,17,18,19);1H. The number of carbonyl (C=O) groups is 1. The van der Waals surface area contributed by atoms with Crippen molar-refractivity contribution in [2.24, 2.45) is 10.7 Å². The summed E-state index contributed by atoms with van der Waals surface area (Å²) in [5.74, 6) is 2.49. The lowest BCUT2D eigenvalue weighted by Gasteiger charge is -2.06. The third kappa shape index (κ3) is 9.76. The number of amides is 1. The zero-order chi connectivity index (χ0) is 16.2. The van der Waals surface area contributed by atoms with E-state index in [1.54, 1.807) is 24.3 Å². The molecule has 4 N–H and O–H groups in total. The van der Waals surface area contributed by atoms with Gasteiger partial charge in [-0.05, 0) is 31.5 Å². The van der Waals surface area contributed by atoms with Crippen molar-refractivity contribution in [3.05, 3.63) is 29.8 Å². The molecule has 1 aromatic rings. The second kappa shape index (κ2) is 12.7. The molecule has 0 aliphatic carbocycles. The summed E-state index contributed by atoms with van der Waals surface area (Å²) in [6, 6.07) is 7.05. The summed E-state index contributed by atoms with van der Waals surface area (Å²) < 4.78 is 5.20. The number of halogens is 1. The second-order valence-electron chi connectivity index (χ2n) is 4.45. The van der Waals surface area contributed by atoms with E-state index < -0.39 is 0 Å². The number of hydrogen-bond acceptors (Lipinski definition) is 3. The Kier molecular flexibility index (Phi) is 11.7. The molecule has 1 amide bonds. The van der Waals surface area contributed by atoms with Crippen LogP contribution in [0.3, 0.4) is 0 Å². The summed E-state index contributed by atoms with van der Waals surface area (Å²) in [5.41, 5.74) is 7.01. The van der Waals surface area contributed by atoms with Gasteiger partial charge in [0.25, 0.3) is 0 Å². The lowest BCUT2D eigenvalue weighted by molar-refractivity contribution is -0.114. The summed E-state index contributed by atoms with van der Waals surface area (Å²) in [4.78, 5) is 15.7. The molecule has 0 bridgehead atoms. The fraction of sp³-hybridized carbons (Fsp3) is 0.375. The molecule has 0 aliphatic heterocycles. The number of nitrogens with two attached hydrogens (primary N) is 1. The van der Waals surface area contributed by atoms with E-state index >= 15 is 0 Å². The van der Waals surface area contributed by atoms with Crippen LogP contribution in [0.15, 0.2) is 29.3 Å². The summed E-state index contributed by atoms with van der Waals surface area (Å²) in [7, 11) is 0. The minimum atomic E-state index is -0.256. The number of benzene rings is 1.